The van der Waals surface area contributed by atoms with Crippen LogP contribution in [0.3, 0.4) is 0 Å². The predicted molar refractivity (Wildman–Crippen MR) is 106 cm³/mol. The summed E-state index contributed by atoms with van der Waals surface area (Å²) >= 11 is 1.59. The summed E-state index contributed by atoms with van der Waals surface area (Å²) in [4.78, 5) is 14.1. The molecular formula is C20H17N5S. The molecule has 0 fully saturated rings. The molecule has 0 saturated carbocycles. The van der Waals surface area contributed by atoms with Crippen LogP contribution < -0.4 is 0 Å². The number of nitrogens with zero attached hydrogens (tertiary/aromatic N) is 4. The Labute approximate surface area is 154 Å². The molecule has 2 aromatic carbocycles. The number of nitrogens with one attached hydrogen (secondary N) is 1. The van der Waals surface area contributed by atoms with E-state index in [1.54, 1.807) is 11.3 Å². The van der Waals surface area contributed by atoms with Crippen molar-refractivity contribution in [2.45, 2.75) is 20.8 Å². The van der Waals surface area contributed by atoms with Gasteiger partial charge < -0.3 is 4.98 Å². The zero-order valence-corrected chi connectivity index (χ0v) is 15.6. The highest BCUT2D eigenvalue weighted by molar-refractivity contribution is 7.16. The molecule has 5 aromatic rings. The van der Waals surface area contributed by atoms with Gasteiger partial charge in [0.1, 0.15) is 16.4 Å². The van der Waals surface area contributed by atoms with Crippen molar-refractivity contribution < 1.29 is 0 Å². The SMILES string of the molecule is Cc1nn2c(-c3nc4c(C)c(C)ccc4[nH]3)c(-c3ccccc3)nc2s1. The fourth-order valence-corrected chi connectivity index (χ4v) is 4.02. The second kappa shape index (κ2) is 5.51. The first-order valence-electron chi connectivity index (χ1n) is 8.49. The fraction of sp³-hybridized carbons (Fsp3) is 0.150. The van der Waals surface area contributed by atoms with Crippen molar-refractivity contribution in [1.82, 2.24) is 24.6 Å². The molecule has 5 rings (SSSR count). The topological polar surface area (TPSA) is 58.9 Å². The van der Waals surface area contributed by atoms with E-state index in [1.807, 2.05) is 29.6 Å². The summed E-state index contributed by atoms with van der Waals surface area (Å²) in [7, 11) is 0. The summed E-state index contributed by atoms with van der Waals surface area (Å²) in [6, 6.07) is 14.4. The molecule has 0 radical (unpaired) electrons. The number of rotatable bonds is 2. The van der Waals surface area contributed by atoms with Crippen LogP contribution in [0.4, 0.5) is 0 Å². The average molecular weight is 359 g/mol. The van der Waals surface area contributed by atoms with Gasteiger partial charge in [-0.2, -0.15) is 9.61 Å². The largest absolute Gasteiger partial charge is 0.337 e. The zero-order chi connectivity index (χ0) is 17.8. The standard InChI is InChI=1S/C20H17N5S/c1-11-9-10-15-16(12(11)2)22-19(21-15)18-17(14-7-5-4-6-8-14)23-20-25(18)24-13(3)26-20/h4-10H,1-3H3,(H,21,22). The van der Waals surface area contributed by atoms with Gasteiger partial charge in [0.2, 0.25) is 4.96 Å². The quantitative estimate of drug-likeness (QED) is 0.486. The molecule has 26 heavy (non-hydrogen) atoms. The minimum absolute atomic E-state index is 0.797. The molecule has 0 aliphatic rings. The Morgan fingerprint density at radius 3 is 2.58 bits per heavy atom. The van der Waals surface area contributed by atoms with Crippen LogP contribution in [0.25, 0.3) is 38.8 Å². The van der Waals surface area contributed by atoms with Gasteiger partial charge in [-0.1, -0.05) is 47.7 Å². The minimum atomic E-state index is 0.797. The van der Waals surface area contributed by atoms with E-state index in [0.29, 0.717) is 0 Å². The highest BCUT2D eigenvalue weighted by Gasteiger charge is 2.21. The molecule has 1 N–H and O–H groups in total. The maximum Gasteiger partial charge on any atom is 0.213 e. The van der Waals surface area contributed by atoms with Gasteiger partial charge in [-0.25, -0.2) is 9.97 Å². The Hall–Kier alpha value is -2.99. The first-order chi connectivity index (χ1) is 12.6. The lowest BCUT2D eigenvalue weighted by Crippen LogP contribution is -1.93. The Morgan fingerprint density at radius 2 is 1.77 bits per heavy atom. The van der Waals surface area contributed by atoms with E-state index < -0.39 is 0 Å². The van der Waals surface area contributed by atoms with Crippen molar-refractivity contribution >= 4 is 27.3 Å². The number of H-pyrrole nitrogens is 1. The van der Waals surface area contributed by atoms with Crippen LogP contribution in [0.15, 0.2) is 42.5 Å². The van der Waals surface area contributed by atoms with Gasteiger partial charge in [0, 0.05) is 5.56 Å². The van der Waals surface area contributed by atoms with E-state index in [4.69, 9.17) is 9.97 Å². The third kappa shape index (κ3) is 2.19. The summed E-state index contributed by atoms with van der Waals surface area (Å²) in [5.41, 5.74) is 7.33. The summed E-state index contributed by atoms with van der Waals surface area (Å²) in [6.45, 7) is 6.22. The lowest BCUT2D eigenvalue weighted by atomic mass is 10.1. The smallest absolute Gasteiger partial charge is 0.213 e. The van der Waals surface area contributed by atoms with Gasteiger partial charge in [-0.05, 0) is 38.0 Å². The molecule has 0 aliphatic heterocycles. The number of benzene rings is 2. The van der Waals surface area contributed by atoms with Crippen molar-refractivity contribution in [3.8, 4) is 22.8 Å². The number of aromatic nitrogens is 5. The monoisotopic (exact) mass is 359 g/mol. The highest BCUT2D eigenvalue weighted by atomic mass is 32.1. The molecule has 5 nitrogen and oxygen atoms in total. The van der Waals surface area contributed by atoms with E-state index >= 15 is 0 Å². The van der Waals surface area contributed by atoms with Gasteiger partial charge >= 0.3 is 0 Å². The number of imidazole rings is 2. The fourth-order valence-electron chi connectivity index (χ4n) is 3.28. The first kappa shape index (κ1) is 15.3. The third-order valence-corrected chi connectivity index (χ3v) is 5.58. The van der Waals surface area contributed by atoms with Crippen LogP contribution >= 0.6 is 11.3 Å². The van der Waals surface area contributed by atoms with Crippen LogP contribution in [0.1, 0.15) is 16.1 Å². The van der Waals surface area contributed by atoms with E-state index in [0.717, 1.165) is 43.8 Å². The van der Waals surface area contributed by atoms with Crippen LogP contribution in [-0.2, 0) is 0 Å². The first-order valence-corrected chi connectivity index (χ1v) is 9.31. The normalized spacial score (nSPS) is 11.7. The van der Waals surface area contributed by atoms with Gasteiger partial charge in [0.25, 0.3) is 0 Å². The third-order valence-electron chi connectivity index (χ3n) is 4.75. The lowest BCUT2D eigenvalue weighted by molar-refractivity contribution is 0.945. The summed E-state index contributed by atoms with van der Waals surface area (Å²) in [5.74, 6) is 0.797. The molecule has 0 bridgehead atoms. The van der Waals surface area contributed by atoms with E-state index in [-0.39, 0.29) is 0 Å². The van der Waals surface area contributed by atoms with Gasteiger partial charge in [-0.15, -0.1) is 0 Å². The maximum absolute atomic E-state index is 4.91. The molecule has 0 aliphatic carbocycles. The molecule has 0 unspecified atom stereocenters. The number of fused-ring (bicyclic) bond motifs is 2. The van der Waals surface area contributed by atoms with E-state index in [2.05, 4.69) is 48.2 Å². The minimum Gasteiger partial charge on any atom is -0.337 e. The van der Waals surface area contributed by atoms with Crippen LogP contribution in [0.5, 0.6) is 0 Å². The Bertz CT molecular complexity index is 1260. The summed E-state index contributed by atoms with van der Waals surface area (Å²) in [6.07, 6.45) is 0. The summed E-state index contributed by atoms with van der Waals surface area (Å²) < 4.78 is 1.90. The second-order valence-corrected chi connectivity index (χ2v) is 7.64. The van der Waals surface area contributed by atoms with Crippen LogP contribution in [0, 0.1) is 20.8 Å². The molecule has 128 valence electrons. The molecule has 0 amide bonds. The highest BCUT2D eigenvalue weighted by Crippen LogP contribution is 2.34. The van der Waals surface area contributed by atoms with E-state index in [1.165, 1.54) is 11.1 Å². The Balaban J connectivity index is 1.84. The Kier molecular flexibility index (Phi) is 3.24. The maximum atomic E-state index is 4.91. The van der Waals surface area contributed by atoms with E-state index in [9.17, 15) is 0 Å². The molecule has 0 atom stereocenters. The summed E-state index contributed by atoms with van der Waals surface area (Å²) in [5, 5.41) is 5.64. The molecule has 6 heteroatoms. The van der Waals surface area contributed by atoms with Crippen LogP contribution in [-0.4, -0.2) is 24.6 Å². The predicted octanol–water partition coefficient (Wildman–Crippen LogP) is 4.93. The zero-order valence-electron chi connectivity index (χ0n) is 14.7. The molecular weight excluding hydrogens is 342 g/mol. The van der Waals surface area contributed by atoms with Crippen LogP contribution in [0.2, 0.25) is 0 Å². The molecule has 3 aromatic heterocycles. The second-order valence-electron chi connectivity index (χ2n) is 6.48. The van der Waals surface area contributed by atoms with Crippen molar-refractivity contribution in [2.24, 2.45) is 0 Å². The Morgan fingerprint density at radius 1 is 0.962 bits per heavy atom. The number of hydrogen-bond donors (Lipinski definition) is 1. The molecule has 3 heterocycles. The number of aromatic amines is 1. The van der Waals surface area contributed by atoms with Gasteiger partial charge in [-0.3, -0.25) is 0 Å². The van der Waals surface area contributed by atoms with Crippen molar-refractivity contribution in [3.05, 3.63) is 58.6 Å². The molecule has 0 saturated heterocycles. The van der Waals surface area contributed by atoms with Gasteiger partial charge in [0.15, 0.2) is 5.82 Å². The molecule has 0 spiro atoms. The number of aryl methyl sites for hydroxylation is 3. The van der Waals surface area contributed by atoms with Crippen molar-refractivity contribution in [3.63, 3.8) is 0 Å². The van der Waals surface area contributed by atoms with Crippen molar-refractivity contribution in [2.75, 3.05) is 0 Å². The lowest BCUT2D eigenvalue weighted by Gasteiger charge is -2.01. The number of hydrogen-bond acceptors (Lipinski definition) is 4. The van der Waals surface area contributed by atoms with Gasteiger partial charge in [0.05, 0.1) is 11.0 Å². The average Bonchev–Trinajstić information content (AvgIpc) is 3.30. The van der Waals surface area contributed by atoms with Crippen molar-refractivity contribution in [1.29, 1.82) is 0 Å².